The molecule has 0 unspecified atom stereocenters. The molecule has 0 saturated carbocycles. The van der Waals surface area contributed by atoms with Gasteiger partial charge in [0.2, 0.25) is 0 Å². The van der Waals surface area contributed by atoms with Gasteiger partial charge in [0.25, 0.3) is 0 Å². The Balaban J connectivity index is 2.27. The Kier molecular flexibility index (Phi) is 3.88. The summed E-state index contributed by atoms with van der Waals surface area (Å²) in [7, 11) is 0. The minimum Gasteiger partial charge on any atom is -0.378 e. The SMILES string of the molecule is CC(C)(N)Cc1cc(F)ccc1N1CCOCC1. The third-order valence-corrected chi connectivity index (χ3v) is 3.04. The van der Waals surface area contributed by atoms with E-state index in [4.69, 9.17) is 10.5 Å². The smallest absolute Gasteiger partial charge is 0.123 e. The van der Waals surface area contributed by atoms with Gasteiger partial charge in [0.1, 0.15) is 5.82 Å². The average Bonchev–Trinajstić information content (AvgIpc) is 2.28. The molecule has 0 radical (unpaired) electrons. The summed E-state index contributed by atoms with van der Waals surface area (Å²) < 4.78 is 18.8. The van der Waals surface area contributed by atoms with Gasteiger partial charge in [0, 0.05) is 24.3 Å². The lowest BCUT2D eigenvalue weighted by molar-refractivity contribution is 0.122. The molecule has 2 N–H and O–H groups in total. The number of nitrogens with zero attached hydrogens (tertiary/aromatic N) is 1. The lowest BCUT2D eigenvalue weighted by Crippen LogP contribution is -2.39. The number of rotatable bonds is 3. The first-order valence-electron chi connectivity index (χ1n) is 6.36. The first-order chi connectivity index (χ1) is 8.46. The highest BCUT2D eigenvalue weighted by molar-refractivity contribution is 5.54. The molecule has 1 aliphatic heterocycles. The molecule has 18 heavy (non-hydrogen) atoms. The Bertz CT molecular complexity index is 409. The maximum Gasteiger partial charge on any atom is 0.123 e. The molecule has 0 amide bonds. The highest BCUT2D eigenvalue weighted by Gasteiger charge is 2.19. The molecule has 0 aliphatic carbocycles. The first-order valence-corrected chi connectivity index (χ1v) is 6.36. The van der Waals surface area contributed by atoms with Gasteiger partial charge in [-0.3, -0.25) is 0 Å². The van der Waals surface area contributed by atoms with Gasteiger partial charge in [-0.05, 0) is 44.0 Å². The molecule has 1 saturated heterocycles. The van der Waals surface area contributed by atoms with Crippen LogP contribution in [-0.4, -0.2) is 31.8 Å². The first kappa shape index (κ1) is 13.3. The zero-order chi connectivity index (χ0) is 13.2. The molecule has 4 heteroatoms. The molecular weight excluding hydrogens is 231 g/mol. The van der Waals surface area contributed by atoms with E-state index in [1.54, 1.807) is 6.07 Å². The molecule has 1 aromatic rings. The van der Waals surface area contributed by atoms with Crippen molar-refractivity contribution >= 4 is 5.69 Å². The van der Waals surface area contributed by atoms with Crippen LogP contribution in [-0.2, 0) is 11.2 Å². The number of morpholine rings is 1. The van der Waals surface area contributed by atoms with E-state index in [0.29, 0.717) is 6.42 Å². The number of hydrogen-bond acceptors (Lipinski definition) is 3. The number of benzene rings is 1. The third kappa shape index (κ3) is 3.43. The minimum absolute atomic E-state index is 0.203. The third-order valence-electron chi connectivity index (χ3n) is 3.04. The molecule has 3 nitrogen and oxygen atoms in total. The Morgan fingerprint density at radius 3 is 2.61 bits per heavy atom. The summed E-state index contributed by atoms with van der Waals surface area (Å²) in [6, 6.07) is 4.96. The fraction of sp³-hybridized carbons (Fsp3) is 0.571. The predicted octanol–water partition coefficient (Wildman–Crippen LogP) is 1.94. The van der Waals surface area contributed by atoms with E-state index in [1.165, 1.54) is 6.07 Å². The van der Waals surface area contributed by atoms with Crippen LogP contribution in [0.5, 0.6) is 0 Å². The van der Waals surface area contributed by atoms with Gasteiger partial charge < -0.3 is 15.4 Å². The summed E-state index contributed by atoms with van der Waals surface area (Å²) >= 11 is 0. The van der Waals surface area contributed by atoms with Crippen LogP contribution < -0.4 is 10.6 Å². The van der Waals surface area contributed by atoms with Crippen LogP contribution in [0.2, 0.25) is 0 Å². The van der Waals surface area contributed by atoms with Crippen molar-refractivity contribution in [2.75, 3.05) is 31.2 Å². The van der Waals surface area contributed by atoms with Gasteiger partial charge in [-0.25, -0.2) is 4.39 Å². The molecule has 0 aromatic heterocycles. The average molecular weight is 252 g/mol. The van der Waals surface area contributed by atoms with E-state index in [-0.39, 0.29) is 11.4 Å². The molecule has 100 valence electrons. The van der Waals surface area contributed by atoms with Gasteiger partial charge in [0.15, 0.2) is 0 Å². The second-order valence-corrected chi connectivity index (χ2v) is 5.54. The number of nitrogens with two attached hydrogens (primary N) is 1. The maximum atomic E-state index is 13.4. The zero-order valence-corrected chi connectivity index (χ0v) is 11.1. The van der Waals surface area contributed by atoms with Crippen LogP contribution in [0.25, 0.3) is 0 Å². The molecule has 0 spiro atoms. The van der Waals surface area contributed by atoms with Crippen molar-refractivity contribution in [1.82, 2.24) is 0 Å². The van der Waals surface area contributed by atoms with Gasteiger partial charge in [-0.2, -0.15) is 0 Å². The summed E-state index contributed by atoms with van der Waals surface area (Å²) in [5, 5.41) is 0. The largest absolute Gasteiger partial charge is 0.378 e. The summed E-state index contributed by atoms with van der Waals surface area (Å²) in [5.74, 6) is -0.203. The lowest BCUT2D eigenvalue weighted by atomic mass is 9.94. The predicted molar refractivity (Wildman–Crippen MR) is 71.4 cm³/mol. The number of halogens is 1. The maximum absolute atomic E-state index is 13.4. The van der Waals surface area contributed by atoms with Gasteiger partial charge in [-0.15, -0.1) is 0 Å². The fourth-order valence-electron chi connectivity index (χ4n) is 2.30. The summed E-state index contributed by atoms with van der Waals surface area (Å²) in [4.78, 5) is 2.24. The Hall–Kier alpha value is -1.13. The Labute approximate surface area is 108 Å². The standard InChI is InChI=1S/C14H21FN2O/c1-14(2,16)10-11-9-12(15)3-4-13(11)17-5-7-18-8-6-17/h3-4,9H,5-8,10,16H2,1-2H3. The highest BCUT2D eigenvalue weighted by Crippen LogP contribution is 2.25. The van der Waals surface area contributed by atoms with E-state index in [0.717, 1.165) is 37.6 Å². The second kappa shape index (κ2) is 5.24. The summed E-state index contributed by atoms with van der Waals surface area (Å²) in [5.41, 5.74) is 7.77. The molecule has 1 heterocycles. The lowest BCUT2D eigenvalue weighted by Gasteiger charge is -2.32. The molecule has 2 rings (SSSR count). The summed E-state index contributed by atoms with van der Waals surface area (Å²) in [6.07, 6.45) is 0.664. The second-order valence-electron chi connectivity index (χ2n) is 5.54. The quantitative estimate of drug-likeness (QED) is 0.893. The minimum atomic E-state index is -0.338. The fourth-order valence-corrected chi connectivity index (χ4v) is 2.30. The van der Waals surface area contributed by atoms with Crippen molar-refractivity contribution in [3.8, 4) is 0 Å². The van der Waals surface area contributed by atoms with Gasteiger partial charge in [-0.1, -0.05) is 0 Å². The van der Waals surface area contributed by atoms with Crippen molar-refractivity contribution in [1.29, 1.82) is 0 Å². The monoisotopic (exact) mass is 252 g/mol. The zero-order valence-electron chi connectivity index (χ0n) is 11.1. The van der Waals surface area contributed by atoms with E-state index >= 15 is 0 Å². The molecule has 0 bridgehead atoms. The van der Waals surface area contributed by atoms with Crippen LogP contribution in [0.15, 0.2) is 18.2 Å². The van der Waals surface area contributed by atoms with E-state index in [9.17, 15) is 4.39 Å². The van der Waals surface area contributed by atoms with E-state index in [1.807, 2.05) is 19.9 Å². The summed E-state index contributed by atoms with van der Waals surface area (Å²) in [6.45, 7) is 7.07. The van der Waals surface area contributed by atoms with Crippen molar-refractivity contribution in [2.45, 2.75) is 25.8 Å². The van der Waals surface area contributed by atoms with E-state index < -0.39 is 0 Å². The van der Waals surface area contributed by atoms with Crippen LogP contribution in [0.1, 0.15) is 19.4 Å². The Morgan fingerprint density at radius 1 is 1.33 bits per heavy atom. The molecule has 1 fully saturated rings. The van der Waals surface area contributed by atoms with Crippen molar-refractivity contribution in [2.24, 2.45) is 5.73 Å². The van der Waals surface area contributed by atoms with E-state index in [2.05, 4.69) is 4.90 Å². The van der Waals surface area contributed by atoms with Crippen molar-refractivity contribution < 1.29 is 9.13 Å². The normalized spacial score (nSPS) is 17.0. The highest BCUT2D eigenvalue weighted by atomic mass is 19.1. The van der Waals surface area contributed by atoms with Crippen LogP contribution in [0.4, 0.5) is 10.1 Å². The van der Waals surface area contributed by atoms with Crippen molar-refractivity contribution in [3.63, 3.8) is 0 Å². The Morgan fingerprint density at radius 2 is 2.00 bits per heavy atom. The number of hydrogen-bond donors (Lipinski definition) is 1. The molecular formula is C14H21FN2O. The van der Waals surface area contributed by atoms with Gasteiger partial charge in [0.05, 0.1) is 13.2 Å². The van der Waals surface area contributed by atoms with Crippen LogP contribution in [0.3, 0.4) is 0 Å². The number of anilines is 1. The van der Waals surface area contributed by atoms with Gasteiger partial charge >= 0.3 is 0 Å². The molecule has 0 atom stereocenters. The number of ether oxygens (including phenoxy) is 1. The topological polar surface area (TPSA) is 38.5 Å². The van der Waals surface area contributed by atoms with Crippen LogP contribution in [0, 0.1) is 5.82 Å². The molecule has 1 aliphatic rings. The molecule has 1 aromatic carbocycles. The van der Waals surface area contributed by atoms with Crippen molar-refractivity contribution in [3.05, 3.63) is 29.6 Å². The van der Waals surface area contributed by atoms with Crippen LogP contribution >= 0.6 is 0 Å².